The van der Waals surface area contributed by atoms with E-state index in [0.717, 1.165) is 34.1 Å². The summed E-state index contributed by atoms with van der Waals surface area (Å²) in [6.45, 7) is 9.52. The quantitative estimate of drug-likeness (QED) is 0.126. The third-order valence-electron chi connectivity index (χ3n) is 17.3. The van der Waals surface area contributed by atoms with Crippen LogP contribution in [0, 0.1) is 0 Å². The minimum atomic E-state index is -0.184. The fourth-order valence-electron chi connectivity index (χ4n) is 13.1. The van der Waals surface area contributed by atoms with E-state index in [-0.39, 0.29) is 10.8 Å². The Morgan fingerprint density at radius 2 is 0.593 bits per heavy atom. The Hall–Kier alpha value is -9.54. The van der Waals surface area contributed by atoms with E-state index in [4.69, 9.17) is 0 Å². The molecule has 2 aliphatic carbocycles. The van der Waals surface area contributed by atoms with Crippen molar-refractivity contribution in [1.29, 1.82) is 0 Å². The third kappa shape index (κ3) is 8.38. The van der Waals surface area contributed by atoms with Gasteiger partial charge in [0.1, 0.15) is 0 Å². The van der Waals surface area contributed by atoms with Crippen molar-refractivity contribution in [1.82, 2.24) is 0 Å². The van der Waals surface area contributed by atoms with Gasteiger partial charge in [0, 0.05) is 65.1 Å². The fraction of sp³-hybridized carbons (Fsp3) is 0.0769. The molecule has 2 nitrogen and oxygen atoms in total. The summed E-state index contributed by atoms with van der Waals surface area (Å²) in [7, 11) is 0. The van der Waals surface area contributed by atoms with Crippen LogP contribution in [0.3, 0.4) is 0 Å². The summed E-state index contributed by atoms with van der Waals surface area (Å²) in [5, 5.41) is 7.54. The minimum absolute atomic E-state index is 0.184. The maximum absolute atomic E-state index is 2.42. The number of benzene rings is 12. The average molecular weight is 1060 g/mol. The topological polar surface area (TPSA) is 6.48 Å². The Kier molecular flexibility index (Phi) is 11.4. The van der Waals surface area contributed by atoms with Crippen LogP contribution in [0.1, 0.15) is 72.2 Å². The van der Waals surface area contributed by atoms with Crippen LogP contribution in [0.4, 0.5) is 34.1 Å². The predicted molar refractivity (Wildman–Crippen MR) is 350 cm³/mol. The highest BCUT2D eigenvalue weighted by atomic mass is 32.1. The summed E-state index contributed by atoms with van der Waals surface area (Å²) in [4.78, 5) is 4.78. The Labute approximate surface area is 478 Å². The first kappa shape index (κ1) is 48.6. The molecule has 0 atom stereocenters. The van der Waals surface area contributed by atoms with Crippen LogP contribution in [-0.2, 0) is 10.8 Å². The molecular weight excluding hydrogens is 997 g/mol. The number of rotatable bonds is 10. The highest BCUT2D eigenvalue weighted by Gasteiger charge is 2.38. The Balaban J connectivity index is 0.684. The molecule has 0 fully saturated rings. The lowest BCUT2D eigenvalue weighted by atomic mass is 9.81. The smallest absolute Gasteiger partial charge is 0.0468 e. The molecule has 386 valence electrons. The zero-order chi connectivity index (χ0) is 54.4. The molecule has 1 aromatic heterocycles. The summed E-state index contributed by atoms with van der Waals surface area (Å²) in [6.07, 6.45) is 9.13. The minimum Gasteiger partial charge on any atom is -0.310 e. The largest absolute Gasteiger partial charge is 0.310 e. The van der Waals surface area contributed by atoms with Crippen LogP contribution in [-0.4, -0.2) is 0 Å². The second-order valence-electron chi connectivity index (χ2n) is 23.0. The van der Waals surface area contributed by atoms with Gasteiger partial charge in [0.25, 0.3) is 0 Å². The zero-order valence-corrected chi connectivity index (χ0v) is 46.7. The van der Waals surface area contributed by atoms with Crippen molar-refractivity contribution in [2.24, 2.45) is 0 Å². The van der Waals surface area contributed by atoms with Gasteiger partial charge in [-0.3, -0.25) is 0 Å². The highest BCUT2D eigenvalue weighted by molar-refractivity contribution is 7.25. The molecule has 3 heteroatoms. The Morgan fingerprint density at radius 3 is 1.01 bits per heavy atom. The van der Waals surface area contributed by atoms with Gasteiger partial charge in [-0.25, -0.2) is 0 Å². The van der Waals surface area contributed by atoms with Crippen molar-refractivity contribution in [2.45, 2.75) is 38.5 Å². The van der Waals surface area contributed by atoms with E-state index in [2.05, 4.69) is 317 Å². The van der Waals surface area contributed by atoms with Gasteiger partial charge in [-0.2, -0.15) is 0 Å². The number of thiophene rings is 1. The van der Waals surface area contributed by atoms with Gasteiger partial charge in [-0.1, -0.05) is 210 Å². The van der Waals surface area contributed by atoms with Gasteiger partial charge < -0.3 is 9.80 Å². The zero-order valence-electron chi connectivity index (χ0n) is 45.9. The average Bonchev–Trinajstić information content (AvgIpc) is 4.27. The van der Waals surface area contributed by atoms with Crippen molar-refractivity contribution in [3.63, 3.8) is 0 Å². The lowest BCUT2D eigenvalue weighted by Crippen LogP contribution is -2.16. The molecule has 0 unspecified atom stereocenters. The van der Waals surface area contributed by atoms with Crippen molar-refractivity contribution in [2.75, 3.05) is 9.80 Å². The lowest BCUT2D eigenvalue weighted by Gasteiger charge is -2.28. The van der Waals surface area contributed by atoms with Crippen LogP contribution >= 0.6 is 11.3 Å². The number of nitrogens with zero attached hydrogens (tertiary/aromatic N) is 2. The Bertz CT molecular complexity index is 4410. The molecule has 2 aliphatic rings. The first-order valence-corrected chi connectivity index (χ1v) is 29.0. The van der Waals surface area contributed by atoms with Crippen molar-refractivity contribution in [3.8, 4) is 22.3 Å². The molecule has 0 saturated heterocycles. The number of hydrogen-bond donors (Lipinski definition) is 0. The van der Waals surface area contributed by atoms with Gasteiger partial charge in [-0.05, 0) is 185 Å². The Morgan fingerprint density at radius 1 is 0.272 bits per heavy atom. The molecular formula is C78H58N2S. The van der Waals surface area contributed by atoms with E-state index >= 15 is 0 Å². The van der Waals surface area contributed by atoms with Gasteiger partial charge in [0.2, 0.25) is 0 Å². The second kappa shape index (κ2) is 19.1. The van der Waals surface area contributed by atoms with Gasteiger partial charge >= 0.3 is 0 Å². The maximum atomic E-state index is 2.42. The molecule has 13 aromatic rings. The van der Waals surface area contributed by atoms with Gasteiger partial charge in [0.05, 0.1) is 0 Å². The molecule has 1 heterocycles. The molecule has 0 amide bonds. The summed E-state index contributed by atoms with van der Waals surface area (Å²) < 4.78 is 2.61. The van der Waals surface area contributed by atoms with Crippen LogP contribution < -0.4 is 9.80 Å². The van der Waals surface area contributed by atoms with Crippen LogP contribution in [0.25, 0.3) is 88.3 Å². The van der Waals surface area contributed by atoms with E-state index in [1.165, 1.54) is 108 Å². The maximum Gasteiger partial charge on any atom is 0.0468 e. The summed E-state index contributed by atoms with van der Waals surface area (Å²) in [5.41, 5.74) is 22.0. The van der Waals surface area contributed by atoms with E-state index < -0.39 is 0 Å². The number of hydrogen-bond acceptors (Lipinski definition) is 3. The number of anilines is 6. The summed E-state index contributed by atoms with van der Waals surface area (Å²) in [5.74, 6) is 0. The standard InChI is InChI=1S/C78H58N2S/c1-77(2)71-45-53(27-37-65(71)67-39-35-63(49-73(67)77)79(59-19-7-5-8-20-59)61-33-31-55-15-11-13-17-57(55)47-61)25-23-51-29-41-75-69(43-51)70-44-52(30-42-76(70)81-75)24-26-54-28-38-66-68-40-36-64(50-74(68)78(3,4)72(66)46-54)80(60-21-9-6-10-22-60)62-34-32-56-16-12-14-18-58(56)48-62/h5-50H,1-4H3. The van der Waals surface area contributed by atoms with Gasteiger partial charge in [0.15, 0.2) is 0 Å². The molecule has 0 aliphatic heterocycles. The summed E-state index contributed by atoms with van der Waals surface area (Å²) >= 11 is 1.87. The third-order valence-corrected chi connectivity index (χ3v) is 18.5. The lowest BCUT2D eigenvalue weighted by molar-refractivity contribution is 0.660. The summed E-state index contributed by atoms with van der Waals surface area (Å²) in [6, 6.07) is 94.2. The monoisotopic (exact) mass is 1050 g/mol. The van der Waals surface area contributed by atoms with Crippen molar-refractivity contribution in [3.05, 3.63) is 299 Å². The molecule has 81 heavy (non-hydrogen) atoms. The first-order chi connectivity index (χ1) is 39.6. The van der Waals surface area contributed by atoms with Crippen molar-refractivity contribution < 1.29 is 0 Å². The predicted octanol–water partition coefficient (Wildman–Crippen LogP) is 22.3. The fourth-order valence-corrected chi connectivity index (χ4v) is 14.1. The molecule has 15 rings (SSSR count). The van der Waals surface area contributed by atoms with Gasteiger partial charge in [-0.15, -0.1) is 11.3 Å². The van der Waals surface area contributed by atoms with Crippen molar-refractivity contribution >= 4 is 111 Å². The van der Waals surface area contributed by atoms with Crippen LogP contribution in [0.5, 0.6) is 0 Å². The number of para-hydroxylation sites is 2. The van der Waals surface area contributed by atoms with E-state index in [9.17, 15) is 0 Å². The van der Waals surface area contributed by atoms with Crippen LogP contribution in [0.15, 0.2) is 255 Å². The van der Waals surface area contributed by atoms with Crippen LogP contribution in [0.2, 0.25) is 0 Å². The molecule has 12 aromatic carbocycles. The highest BCUT2D eigenvalue weighted by Crippen LogP contribution is 2.53. The molecule has 0 bridgehead atoms. The molecule has 0 spiro atoms. The SMILES string of the molecule is CC1(C)c2cc(C=Cc3ccc4sc5ccc(C=Cc6ccc7c(c6)C(C)(C)c6cc(N(c8ccccc8)c8ccc9ccccc9c8)ccc6-7)cc5c4c3)ccc2-c2ccc(N(c3ccccc3)c3ccc4ccccc4c3)cc21. The second-order valence-corrected chi connectivity index (χ2v) is 24.1. The van der Waals surface area contributed by atoms with E-state index in [1.807, 2.05) is 11.3 Å². The number of fused-ring (bicyclic) bond motifs is 11. The molecule has 0 N–H and O–H groups in total. The first-order valence-electron chi connectivity index (χ1n) is 28.2. The normalized spacial score (nSPS) is 13.8. The molecule has 0 saturated carbocycles. The van der Waals surface area contributed by atoms with E-state index in [1.54, 1.807) is 0 Å². The molecule has 0 radical (unpaired) electrons. The van der Waals surface area contributed by atoms with E-state index in [0.29, 0.717) is 0 Å².